The van der Waals surface area contributed by atoms with Crippen molar-refractivity contribution in [3.63, 3.8) is 0 Å². The first-order valence-electron chi connectivity index (χ1n) is 9.29. The number of imide groups is 1. The smallest absolute Gasteiger partial charge is 0.322 e. The fraction of sp³-hybridized carbons (Fsp3) is 0.190. The molecule has 1 unspecified atom stereocenters. The Morgan fingerprint density at radius 2 is 2.00 bits per heavy atom. The number of nitrogen functional groups attached to an aromatic ring is 1. The van der Waals surface area contributed by atoms with Crippen molar-refractivity contribution in [2.24, 2.45) is 0 Å². The van der Waals surface area contributed by atoms with Crippen LogP contribution in [0.25, 0.3) is 11.0 Å². The van der Waals surface area contributed by atoms with Crippen molar-refractivity contribution in [1.82, 2.24) is 15.5 Å². The highest BCUT2D eigenvalue weighted by Gasteiger charge is 2.53. The lowest BCUT2D eigenvalue weighted by Crippen LogP contribution is -2.52. The molecule has 4 N–H and O–H groups in total. The Hall–Kier alpha value is -4.01. The van der Waals surface area contributed by atoms with Gasteiger partial charge < -0.3 is 25.1 Å². The van der Waals surface area contributed by atoms with Crippen LogP contribution >= 0.6 is 0 Å². The number of methoxy groups -OCH3 is 1. The van der Waals surface area contributed by atoms with E-state index in [0.717, 1.165) is 5.56 Å². The zero-order chi connectivity index (χ0) is 21.0. The minimum absolute atomic E-state index is 0.0876. The average molecular weight is 406 g/mol. The van der Waals surface area contributed by atoms with Gasteiger partial charge in [-0.15, -0.1) is 0 Å². The summed E-state index contributed by atoms with van der Waals surface area (Å²) in [6, 6.07) is 11.4. The summed E-state index contributed by atoms with van der Waals surface area (Å²) in [7, 11) is 1.53. The third-order valence-corrected chi connectivity index (χ3v) is 5.53. The molecule has 5 rings (SSSR count). The number of furan rings is 1. The van der Waals surface area contributed by atoms with Crippen LogP contribution in [0, 0.1) is 0 Å². The Morgan fingerprint density at radius 3 is 2.73 bits per heavy atom. The molecule has 9 heteroatoms. The Bertz CT molecular complexity index is 1230. The first-order valence-corrected chi connectivity index (χ1v) is 9.29. The van der Waals surface area contributed by atoms with E-state index in [1.165, 1.54) is 12.0 Å². The molecule has 9 nitrogen and oxygen atoms in total. The summed E-state index contributed by atoms with van der Waals surface area (Å²) in [6.45, 7) is 0.214. The van der Waals surface area contributed by atoms with Gasteiger partial charge in [-0.2, -0.15) is 0 Å². The molecule has 4 amide bonds. The standard InChI is InChI=1S/C21H18N4O5/c1-29-14-4-2-11-9-25(18(26)15(11)8-14)10-21(19(27)23-20(28)24-21)17-7-12-6-13(22)3-5-16(12)30-17/h2-8H,9-10,22H2,1H3,(H2,23,24,27,28). The number of carbonyl (C=O) groups excluding carboxylic acids is 3. The van der Waals surface area contributed by atoms with E-state index in [-0.39, 0.29) is 18.2 Å². The van der Waals surface area contributed by atoms with E-state index in [2.05, 4.69) is 10.6 Å². The van der Waals surface area contributed by atoms with Crippen LogP contribution in [0.3, 0.4) is 0 Å². The van der Waals surface area contributed by atoms with E-state index in [1.807, 2.05) is 6.07 Å². The van der Waals surface area contributed by atoms with E-state index in [9.17, 15) is 14.4 Å². The van der Waals surface area contributed by atoms with Crippen LogP contribution in [0.5, 0.6) is 5.75 Å². The molecular formula is C21H18N4O5. The zero-order valence-corrected chi connectivity index (χ0v) is 16.0. The SMILES string of the molecule is COc1ccc2c(c1)C(=O)N(CC1(c3cc4cc(N)ccc4o3)NC(=O)NC1=O)C2. The quantitative estimate of drug-likeness (QED) is 0.447. The maximum Gasteiger partial charge on any atom is 0.322 e. The molecule has 2 aromatic carbocycles. The number of hydrogen-bond donors (Lipinski definition) is 3. The molecule has 3 heterocycles. The molecular weight excluding hydrogens is 388 g/mol. The van der Waals surface area contributed by atoms with Crippen LogP contribution in [0.1, 0.15) is 21.7 Å². The van der Waals surface area contributed by atoms with E-state index < -0.39 is 17.5 Å². The van der Waals surface area contributed by atoms with Crippen LogP contribution in [-0.2, 0) is 16.9 Å². The number of amides is 4. The maximum absolute atomic E-state index is 13.0. The second-order valence-electron chi connectivity index (χ2n) is 7.41. The average Bonchev–Trinajstić information content (AvgIpc) is 3.36. The monoisotopic (exact) mass is 406 g/mol. The lowest BCUT2D eigenvalue weighted by atomic mass is 9.95. The number of nitrogens with one attached hydrogen (secondary N) is 2. The zero-order valence-electron chi connectivity index (χ0n) is 16.0. The highest BCUT2D eigenvalue weighted by atomic mass is 16.5. The number of rotatable bonds is 4. The van der Waals surface area contributed by atoms with Crippen LogP contribution in [0.2, 0.25) is 0 Å². The summed E-state index contributed by atoms with van der Waals surface area (Å²) in [4.78, 5) is 39.4. The first-order chi connectivity index (χ1) is 14.4. The van der Waals surface area contributed by atoms with Gasteiger partial charge in [-0.05, 0) is 42.0 Å². The number of anilines is 1. The predicted molar refractivity (Wildman–Crippen MR) is 107 cm³/mol. The van der Waals surface area contributed by atoms with Gasteiger partial charge in [0.15, 0.2) is 5.54 Å². The molecule has 1 fully saturated rings. The van der Waals surface area contributed by atoms with Crippen LogP contribution in [0.15, 0.2) is 46.9 Å². The molecule has 1 atom stereocenters. The van der Waals surface area contributed by atoms with Gasteiger partial charge in [-0.1, -0.05) is 6.07 Å². The van der Waals surface area contributed by atoms with E-state index in [4.69, 9.17) is 14.9 Å². The minimum Gasteiger partial charge on any atom is -0.497 e. The highest BCUT2D eigenvalue weighted by Crippen LogP contribution is 2.35. The molecule has 0 aliphatic carbocycles. The van der Waals surface area contributed by atoms with Crippen molar-refractivity contribution in [3.8, 4) is 5.75 Å². The summed E-state index contributed by atoms with van der Waals surface area (Å²) >= 11 is 0. The molecule has 152 valence electrons. The summed E-state index contributed by atoms with van der Waals surface area (Å²) in [5.74, 6) is -0.0355. The number of carbonyl (C=O) groups is 3. The summed E-state index contributed by atoms with van der Waals surface area (Å²) in [5, 5.41) is 5.61. The van der Waals surface area contributed by atoms with Crippen molar-refractivity contribution < 1.29 is 23.5 Å². The van der Waals surface area contributed by atoms with Crippen molar-refractivity contribution in [2.75, 3.05) is 19.4 Å². The summed E-state index contributed by atoms with van der Waals surface area (Å²) in [5.41, 5.74) is 6.68. The maximum atomic E-state index is 13.0. The van der Waals surface area contributed by atoms with Gasteiger partial charge in [-0.25, -0.2) is 4.79 Å². The fourth-order valence-electron chi connectivity index (χ4n) is 4.01. The third-order valence-electron chi connectivity index (χ3n) is 5.53. The summed E-state index contributed by atoms with van der Waals surface area (Å²) in [6.07, 6.45) is 0. The number of hydrogen-bond acceptors (Lipinski definition) is 6. The molecule has 2 aliphatic heterocycles. The fourth-order valence-corrected chi connectivity index (χ4v) is 4.01. The van der Waals surface area contributed by atoms with Gasteiger partial charge >= 0.3 is 6.03 Å². The molecule has 2 aliphatic rings. The van der Waals surface area contributed by atoms with Gasteiger partial charge in [0.25, 0.3) is 11.8 Å². The first kappa shape index (κ1) is 18.0. The molecule has 1 saturated heterocycles. The predicted octanol–water partition coefficient (Wildman–Crippen LogP) is 1.71. The highest BCUT2D eigenvalue weighted by molar-refractivity contribution is 6.08. The third kappa shape index (κ3) is 2.59. The lowest BCUT2D eigenvalue weighted by molar-refractivity contribution is -0.125. The van der Waals surface area contributed by atoms with Crippen molar-refractivity contribution in [3.05, 3.63) is 59.4 Å². The number of nitrogens with two attached hydrogens (primary N) is 1. The van der Waals surface area contributed by atoms with Gasteiger partial charge in [0.2, 0.25) is 0 Å². The second kappa shape index (κ2) is 6.24. The number of ether oxygens (including phenoxy) is 1. The lowest BCUT2D eigenvalue weighted by Gasteiger charge is -2.29. The minimum atomic E-state index is -1.55. The van der Waals surface area contributed by atoms with Crippen molar-refractivity contribution in [2.45, 2.75) is 12.1 Å². The van der Waals surface area contributed by atoms with Gasteiger partial charge in [0.05, 0.1) is 13.7 Å². The molecule has 0 spiro atoms. The Morgan fingerprint density at radius 1 is 1.17 bits per heavy atom. The summed E-state index contributed by atoms with van der Waals surface area (Å²) < 4.78 is 11.1. The Labute approximate surface area is 170 Å². The van der Waals surface area contributed by atoms with Gasteiger partial charge in [0.1, 0.15) is 17.1 Å². The number of nitrogens with zero attached hydrogens (tertiary/aromatic N) is 1. The number of benzene rings is 2. The van der Waals surface area contributed by atoms with Crippen molar-refractivity contribution >= 4 is 34.5 Å². The molecule has 3 aromatic rings. The second-order valence-corrected chi connectivity index (χ2v) is 7.41. The van der Waals surface area contributed by atoms with Gasteiger partial charge in [-0.3, -0.25) is 14.9 Å². The Kier molecular flexibility index (Phi) is 3.76. The van der Waals surface area contributed by atoms with E-state index >= 15 is 0 Å². The topological polar surface area (TPSA) is 127 Å². The van der Waals surface area contributed by atoms with Crippen LogP contribution in [-0.4, -0.2) is 36.4 Å². The number of fused-ring (bicyclic) bond motifs is 2. The molecule has 0 saturated carbocycles. The molecule has 0 radical (unpaired) electrons. The van der Waals surface area contributed by atoms with E-state index in [0.29, 0.717) is 34.5 Å². The molecule has 1 aromatic heterocycles. The van der Waals surface area contributed by atoms with Crippen LogP contribution in [0.4, 0.5) is 10.5 Å². The van der Waals surface area contributed by atoms with Gasteiger partial charge in [0, 0.05) is 23.2 Å². The molecule has 0 bridgehead atoms. The normalized spacial score (nSPS) is 20.4. The number of urea groups is 1. The van der Waals surface area contributed by atoms with Crippen molar-refractivity contribution in [1.29, 1.82) is 0 Å². The molecule has 30 heavy (non-hydrogen) atoms. The Balaban J connectivity index is 1.55. The van der Waals surface area contributed by atoms with E-state index in [1.54, 1.807) is 36.4 Å². The van der Waals surface area contributed by atoms with Crippen LogP contribution < -0.4 is 21.1 Å². The largest absolute Gasteiger partial charge is 0.497 e.